The van der Waals surface area contributed by atoms with Gasteiger partial charge in [-0.2, -0.15) is 0 Å². The van der Waals surface area contributed by atoms with Crippen molar-refractivity contribution in [3.8, 4) is 5.69 Å². The van der Waals surface area contributed by atoms with Crippen molar-refractivity contribution >= 4 is 23.6 Å². The summed E-state index contributed by atoms with van der Waals surface area (Å²) in [6, 6.07) is 11.2. The molecule has 1 heterocycles. The number of hydrogen-bond donors (Lipinski definition) is 2. The van der Waals surface area contributed by atoms with E-state index in [4.69, 9.17) is 0 Å². The van der Waals surface area contributed by atoms with E-state index >= 15 is 0 Å². The van der Waals surface area contributed by atoms with Gasteiger partial charge in [0, 0.05) is 36.8 Å². The maximum absolute atomic E-state index is 14.2. The summed E-state index contributed by atoms with van der Waals surface area (Å²) in [6.45, 7) is 0. The summed E-state index contributed by atoms with van der Waals surface area (Å²) in [6.07, 6.45) is 7.64. The molecular weight excluding hydrogens is 347 g/mol. The second-order valence-corrected chi connectivity index (χ2v) is 5.66. The molecule has 1 aromatic heterocycles. The summed E-state index contributed by atoms with van der Waals surface area (Å²) in [7, 11) is 1.56. The Labute approximate surface area is 155 Å². The molecule has 0 unspecified atom stereocenters. The molecule has 7 heteroatoms. The molecular formula is C20H17FN4O2. The van der Waals surface area contributed by atoms with Crippen molar-refractivity contribution in [3.63, 3.8) is 0 Å². The van der Waals surface area contributed by atoms with Gasteiger partial charge in [-0.3, -0.25) is 9.59 Å². The maximum atomic E-state index is 14.2. The van der Waals surface area contributed by atoms with E-state index in [9.17, 15) is 14.0 Å². The summed E-state index contributed by atoms with van der Waals surface area (Å²) in [4.78, 5) is 27.4. The van der Waals surface area contributed by atoms with Crippen LogP contribution in [-0.4, -0.2) is 28.4 Å². The topological polar surface area (TPSA) is 76.0 Å². The third-order valence-corrected chi connectivity index (χ3v) is 3.82. The van der Waals surface area contributed by atoms with E-state index in [-0.39, 0.29) is 11.8 Å². The molecule has 2 N–H and O–H groups in total. The Balaban J connectivity index is 1.64. The number of carbonyl (C=O) groups excluding carboxylic acids is 2. The number of nitrogens with zero attached hydrogens (tertiary/aromatic N) is 2. The van der Waals surface area contributed by atoms with Gasteiger partial charge in [-0.05, 0) is 42.0 Å². The average Bonchev–Trinajstić information content (AvgIpc) is 3.20. The van der Waals surface area contributed by atoms with Gasteiger partial charge >= 0.3 is 0 Å². The van der Waals surface area contributed by atoms with Crippen molar-refractivity contribution in [2.75, 3.05) is 12.4 Å². The van der Waals surface area contributed by atoms with Crippen LogP contribution in [0.2, 0.25) is 0 Å². The van der Waals surface area contributed by atoms with E-state index in [1.54, 1.807) is 66.5 Å². The average molecular weight is 364 g/mol. The molecule has 0 radical (unpaired) electrons. The van der Waals surface area contributed by atoms with E-state index in [1.807, 2.05) is 0 Å². The Bertz CT molecular complexity index is 980. The number of imidazole rings is 1. The number of anilines is 1. The lowest BCUT2D eigenvalue weighted by molar-refractivity contribution is -0.111. The number of rotatable bonds is 5. The SMILES string of the molecule is CNC(=O)c1ccc(/C=C/C(=O)Nc2ccc(-n3ccnc3)c(F)c2)cc1. The molecule has 0 bridgehead atoms. The van der Waals surface area contributed by atoms with Crippen LogP contribution >= 0.6 is 0 Å². The van der Waals surface area contributed by atoms with Gasteiger partial charge in [-0.25, -0.2) is 9.37 Å². The number of carbonyl (C=O) groups is 2. The van der Waals surface area contributed by atoms with E-state index in [2.05, 4.69) is 15.6 Å². The number of amides is 2. The summed E-state index contributed by atoms with van der Waals surface area (Å²) in [5, 5.41) is 5.15. The highest BCUT2D eigenvalue weighted by atomic mass is 19.1. The van der Waals surface area contributed by atoms with Gasteiger partial charge < -0.3 is 15.2 Å². The second kappa shape index (κ2) is 8.09. The second-order valence-electron chi connectivity index (χ2n) is 5.66. The molecule has 6 nitrogen and oxygen atoms in total. The van der Waals surface area contributed by atoms with Crippen LogP contribution in [0, 0.1) is 5.82 Å². The lowest BCUT2D eigenvalue weighted by Crippen LogP contribution is -2.17. The van der Waals surface area contributed by atoms with Crippen molar-refractivity contribution < 1.29 is 14.0 Å². The minimum absolute atomic E-state index is 0.176. The van der Waals surface area contributed by atoms with Crippen LogP contribution in [0.3, 0.4) is 0 Å². The lowest BCUT2D eigenvalue weighted by atomic mass is 10.1. The van der Waals surface area contributed by atoms with Gasteiger partial charge in [-0.15, -0.1) is 0 Å². The first kappa shape index (κ1) is 18.1. The quantitative estimate of drug-likeness (QED) is 0.684. The summed E-state index contributed by atoms with van der Waals surface area (Å²) < 4.78 is 15.7. The minimum atomic E-state index is -0.473. The van der Waals surface area contributed by atoms with E-state index in [1.165, 1.54) is 18.5 Å². The van der Waals surface area contributed by atoms with Crippen LogP contribution in [0.4, 0.5) is 10.1 Å². The zero-order valence-electron chi connectivity index (χ0n) is 14.5. The van der Waals surface area contributed by atoms with Gasteiger partial charge in [0.15, 0.2) is 0 Å². The van der Waals surface area contributed by atoms with Gasteiger partial charge in [0.1, 0.15) is 5.82 Å². The van der Waals surface area contributed by atoms with Crippen molar-refractivity contribution in [2.45, 2.75) is 0 Å². The molecule has 2 aromatic carbocycles. The monoisotopic (exact) mass is 364 g/mol. The first-order valence-electron chi connectivity index (χ1n) is 8.16. The zero-order valence-corrected chi connectivity index (χ0v) is 14.5. The predicted molar refractivity (Wildman–Crippen MR) is 101 cm³/mol. The van der Waals surface area contributed by atoms with Crippen LogP contribution in [-0.2, 0) is 4.79 Å². The number of aromatic nitrogens is 2. The van der Waals surface area contributed by atoms with Crippen LogP contribution < -0.4 is 10.6 Å². The number of benzene rings is 2. The molecule has 0 atom stereocenters. The molecule has 0 aliphatic rings. The van der Waals surface area contributed by atoms with Crippen molar-refractivity contribution in [1.29, 1.82) is 0 Å². The summed E-state index contributed by atoms with van der Waals surface area (Å²) in [5.74, 6) is -1.04. The molecule has 2 amide bonds. The fourth-order valence-corrected chi connectivity index (χ4v) is 2.44. The number of hydrogen-bond acceptors (Lipinski definition) is 3. The lowest BCUT2D eigenvalue weighted by Gasteiger charge is -2.07. The zero-order chi connectivity index (χ0) is 19.2. The standard InChI is InChI=1S/C20H17FN4O2/c1-22-20(27)15-5-2-14(3-6-15)4-9-19(26)24-16-7-8-18(17(21)12-16)25-11-10-23-13-25/h2-13H,1H3,(H,22,27)(H,24,26)/b9-4+. The Kier molecular flexibility index (Phi) is 5.41. The highest BCUT2D eigenvalue weighted by molar-refractivity contribution is 6.02. The molecule has 0 saturated heterocycles. The van der Waals surface area contributed by atoms with Gasteiger partial charge in [0.05, 0.1) is 12.0 Å². The maximum Gasteiger partial charge on any atom is 0.251 e. The molecule has 27 heavy (non-hydrogen) atoms. The fourth-order valence-electron chi connectivity index (χ4n) is 2.44. The first-order valence-corrected chi connectivity index (χ1v) is 8.16. The molecule has 0 fully saturated rings. The third kappa shape index (κ3) is 4.46. The molecule has 136 valence electrons. The first-order chi connectivity index (χ1) is 13.1. The number of nitrogens with one attached hydrogen (secondary N) is 2. The third-order valence-electron chi connectivity index (χ3n) is 3.82. The highest BCUT2D eigenvalue weighted by Gasteiger charge is 2.07. The molecule has 0 saturated carbocycles. The minimum Gasteiger partial charge on any atom is -0.355 e. The predicted octanol–water partition coefficient (Wildman–Crippen LogP) is 3.02. The molecule has 3 rings (SSSR count). The van der Waals surface area contributed by atoms with Crippen molar-refractivity contribution in [1.82, 2.24) is 14.9 Å². The highest BCUT2D eigenvalue weighted by Crippen LogP contribution is 2.18. The van der Waals surface area contributed by atoms with Crippen molar-refractivity contribution in [3.05, 3.63) is 84.2 Å². The van der Waals surface area contributed by atoms with Crippen LogP contribution in [0.1, 0.15) is 15.9 Å². The van der Waals surface area contributed by atoms with Gasteiger partial charge in [0.2, 0.25) is 5.91 Å². The van der Waals surface area contributed by atoms with E-state index in [0.717, 1.165) is 5.56 Å². The smallest absolute Gasteiger partial charge is 0.251 e. The molecule has 3 aromatic rings. The normalized spacial score (nSPS) is 10.7. The number of halogens is 1. The largest absolute Gasteiger partial charge is 0.355 e. The Morgan fingerprint density at radius 3 is 2.56 bits per heavy atom. The fraction of sp³-hybridized carbons (Fsp3) is 0.0500. The summed E-state index contributed by atoms with van der Waals surface area (Å²) in [5.41, 5.74) is 1.99. The summed E-state index contributed by atoms with van der Waals surface area (Å²) >= 11 is 0. The van der Waals surface area contributed by atoms with E-state index in [0.29, 0.717) is 16.9 Å². The molecule has 0 aliphatic carbocycles. The Morgan fingerprint density at radius 2 is 1.93 bits per heavy atom. The Morgan fingerprint density at radius 1 is 1.15 bits per heavy atom. The van der Waals surface area contributed by atoms with Crippen LogP contribution in [0.15, 0.2) is 67.3 Å². The van der Waals surface area contributed by atoms with Crippen LogP contribution in [0.25, 0.3) is 11.8 Å². The van der Waals surface area contributed by atoms with Gasteiger partial charge in [-0.1, -0.05) is 12.1 Å². The van der Waals surface area contributed by atoms with E-state index < -0.39 is 5.82 Å². The van der Waals surface area contributed by atoms with Gasteiger partial charge in [0.25, 0.3) is 5.91 Å². The van der Waals surface area contributed by atoms with Crippen molar-refractivity contribution in [2.24, 2.45) is 0 Å². The molecule has 0 aliphatic heterocycles. The Hall–Kier alpha value is -3.74. The van der Waals surface area contributed by atoms with Crippen LogP contribution in [0.5, 0.6) is 0 Å². The molecule has 0 spiro atoms.